The molecule has 0 fully saturated rings. The van der Waals surface area contributed by atoms with Crippen LogP contribution in [0.15, 0.2) is 36.8 Å². The van der Waals surface area contributed by atoms with Crippen LogP contribution in [-0.4, -0.2) is 48.8 Å². The summed E-state index contributed by atoms with van der Waals surface area (Å²) in [6, 6.07) is 4.10. The summed E-state index contributed by atoms with van der Waals surface area (Å²) in [6.45, 7) is 9.77. The molecule has 16 nitrogen and oxygen atoms in total. The highest BCUT2D eigenvalue weighted by atomic mass is 17.2. The number of anilines is 1. The van der Waals surface area contributed by atoms with Crippen LogP contribution < -0.4 is 11.2 Å². The Bertz CT molecular complexity index is 2580. The summed E-state index contributed by atoms with van der Waals surface area (Å²) in [7, 11) is 0. The van der Waals surface area contributed by atoms with Crippen LogP contribution in [0.1, 0.15) is 41.2 Å². The van der Waals surface area contributed by atoms with E-state index in [1.54, 1.807) is 6.92 Å². The molecule has 0 aliphatic heterocycles. The molecule has 282 valence electrons. The highest BCUT2D eigenvalue weighted by Crippen LogP contribution is 2.38. The molecule has 0 bridgehead atoms. The van der Waals surface area contributed by atoms with Gasteiger partial charge in [-0.2, -0.15) is 0 Å². The Hall–Kier alpha value is -8.53. The second-order valence-corrected chi connectivity index (χ2v) is 9.44. The number of H-pyrrole nitrogens is 1. The van der Waals surface area contributed by atoms with Crippen LogP contribution in [0.3, 0.4) is 0 Å². The lowest BCUT2D eigenvalue weighted by Crippen LogP contribution is -2.06. The minimum absolute atomic E-state index is 0. The number of nitrogens with two attached hydrogens (primary N) is 1. The first kappa shape index (κ1) is 41.6. The number of nitrogens with one attached hydrogen (secondary N) is 2. The zero-order chi connectivity index (χ0) is 39.6. The predicted molar refractivity (Wildman–Crippen MR) is 214 cm³/mol. The van der Waals surface area contributed by atoms with Gasteiger partial charge in [0.15, 0.2) is 0 Å². The number of benzene rings is 1. The molecule has 3 aromatic heterocycles. The second-order valence-electron chi connectivity index (χ2n) is 9.44. The summed E-state index contributed by atoms with van der Waals surface area (Å²) in [5, 5.41) is 44.5. The lowest BCUT2D eigenvalue weighted by Gasteiger charge is -2.07. The lowest BCUT2D eigenvalue weighted by atomic mass is 9.96. The molecule has 0 unspecified atom stereocenters. The van der Waals surface area contributed by atoms with E-state index >= 15 is 0 Å². The molecule has 6 N–H and O–H groups in total. The number of hydrogen-bond donors (Lipinski definition) is 5. The molecule has 0 atom stereocenters. The number of nitrogens with zero attached hydrogens (tertiary/aromatic N) is 7. The Morgan fingerprint density at radius 3 is 1.85 bits per heavy atom. The van der Waals surface area contributed by atoms with E-state index in [4.69, 9.17) is 25.8 Å². The van der Waals surface area contributed by atoms with E-state index in [1.165, 1.54) is 0 Å². The maximum atomic E-state index is 9.64. The highest BCUT2D eigenvalue weighted by Gasteiger charge is 2.21. The Morgan fingerprint density at radius 2 is 1.41 bits per heavy atom. The number of aryl methyl sites for hydroxylation is 4. The van der Waals surface area contributed by atoms with E-state index in [-0.39, 0.29) is 18.0 Å². The van der Waals surface area contributed by atoms with E-state index < -0.39 is 5.02 Å². The largest absolute Gasteiger partial charge is 0.395 e. The van der Waals surface area contributed by atoms with E-state index in [9.17, 15) is 5.21 Å². The number of aromatic amines is 1. The van der Waals surface area contributed by atoms with E-state index in [0.29, 0.717) is 12.5 Å². The van der Waals surface area contributed by atoms with E-state index in [1.807, 2.05) is 33.8 Å². The van der Waals surface area contributed by atoms with Gasteiger partial charge in [-0.3, -0.25) is 11.1 Å². The Kier molecular flexibility index (Phi) is 18.3. The fourth-order valence-electron chi connectivity index (χ4n) is 4.05. The normalized spacial score (nSPS) is 8.89. The van der Waals surface area contributed by atoms with E-state index in [0.717, 1.165) is 56.2 Å². The van der Waals surface area contributed by atoms with E-state index in [2.05, 4.69) is 159 Å². The number of terminal acetylenes is 1. The third kappa shape index (κ3) is 13.8. The van der Waals surface area contributed by atoms with Crippen molar-refractivity contribution in [3.05, 3.63) is 40.2 Å². The first-order valence-electron chi connectivity index (χ1n) is 14.9. The molecular formula is C38H44N10O6. The van der Waals surface area contributed by atoms with Crippen LogP contribution in [0.25, 0.3) is 33.3 Å². The van der Waals surface area contributed by atoms with Gasteiger partial charge >= 0.3 is 0 Å². The van der Waals surface area contributed by atoms with Crippen molar-refractivity contribution >= 4 is 17.0 Å². The quantitative estimate of drug-likeness (QED) is 0.0505. The molecule has 0 aliphatic carbocycles. The fraction of sp³-hybridized carbons (Fsp3) is 0.184. The van der Waals surface area contributed by atoms with Crippen molar-refractivity contribution in [2.45, 2.75) is 34.6 Å². The standard InChI is InChI=1S/C19H21N5O3.C19H4.H3N5O3.8H2/c1-9-16(11(3)26-23-9)13-7-14(17-10(2)24-27-12(17)4)18-15(8-13)21-19(22-18)20-5-6-25;1-3-5-7-9-11-13-15-17-19-18-16-14-12-10-8-6-4-2;1-2-3-4-5(6)8-7;;;;;;;;/h7-8,25H,5-6H2,1-4H3,(H2,20,21,22);1H,2H3;7H,(H2,1,3);8*1H. The molecule has 0 aliphatic rings. The predicted octanol–water partition coefficient (Wildman–Crippen LogP) is 5.74. The number of aliphatic hydroxyl groups excluding tert-OH is 1. The molecule has 16 heteroatoms. The van der Waals surface area contributed by atoms with Gasteiger partial charge < -0.3 is 34.6 Å². The van der Waals surface area contributed by atoms with Gasteiger partial charge in [0, 0.05) is 34.6 Å². The molecule has 0 saturated carbocycles. The minimum atomic E-state index is -0.573. The molecule has 1 aromatic carbocycles. The van der Waals surface area contributed by atoms with Crippen LogP contribution in [0.4, 0.5) is 5.95 Å². The topological polar surface area (TPSA) is 232 Å². The summed E-state index contributed by atoms with van der Waals surface area (Å²) in [6.07, 6.45) is 4.89. The van der Waals surface area contributed by atoms with Crippen molar-refractivity contribution in [3.8, 4) is 129 Å². The summed E-state index contributed by atoms with van der Waals surface area (Å²) < 4.78 is 10.7. The molecule has 0 spiro atoms. The van der Waals surface area contributed by atoms with Crippen molar-refractivity contribution in [1.82, 2.24) is 20.3 Å². The minimum Gasteiger partial charge on any atom is -0.395 e. The molecule has 4 aromatic rings. The molecule has 0 amide bonds. The van der Waals surface area contributed by atoms with Crippen LogP contribution in [-0.2, 0) is 4.99 Å². The number of aromatic nitrogens is 4. The van der Waals surface area contributed by atoms with Gasteiger partial charge in [0.2, 0.25) is 16.4 Å². The van der Waals surface area contributed by atoms with Gasteiger partial charge in [-0.05, 0) is 147 Å². The van der Waals surface area contributed by atoms with Crippen molar-refractivity contribution < 1.29 is 40.8 Å². The number of aliphatic hydroxyl groups is 1. The lowest BCUT2D eigenvalue weighted by molar-refractivity contribution is -0.873. The van der Waals surface area contributed by atoms with Gasteiger partial charge in [-0.15, -0.1) is 6.42 Å². The monoisotopic (exact) mass is 736 g/mol. The van der Waals surface area contributed by atoms with Crippen LogP contribution in [0, 0.1) is 140 Å². The first-order valence-corrected chi connectivity index (χ1v) is 14.9. The average Bonchev–Trinajstić information content (AvgIpc) is 3.85. The number of imidazole rings is 1. The molecular weight excluding hydrogens is 692 g/mol. The number of fused-ring (bicyclic) bond motifs is 1. The molecule has 4 rings (SSSR count). The average molecular weight is 737 g/mol. The van der Waals surface area contributed by atoms with Gasteiger partial charge in [-0.25, -0.2) is 4.98 Å². The third-order valence-electron chi connectivity index (χ3n) is 5.92. The molecule has 0 radical (unpaired) electrons. The molecule has 3 heterocycles. The maximum absolute atomic E-state index is 9.64. The van der Waals surface area contributed by atoms with Crippen LogP contribution in [0.5, 0.6) is 0 Å². The maximum Gasteiger partial charge on any atom is 0.226 e. The number of rotatable bonds is 7. The van der Waals surface area contributed by atoms with Gasteiger partial charge in [0.25, 0.3) is 0 Å². The smallest absolute Gasteiger partial charge is 0.226 e. The van der Waals surface area contributed by atoms with Gasteiger partial charge in [0.05, 0.1) is 39.3 Å². The Labute approximate surface area is 322 Å². The summed E-state index contributed by atoms with van der Waals surface area (Å²) in [5.41, 5.74) is 7.09. The zero-order valence-corrected chi connectivity index (χ0v) is 29.4. The van der Waals surface area contributed by atoms with Crippen molar-refractivity contribution in [1.29, 1.82) is 0 Å². The summed E-state index contributed by atoms with van der Waals surface area (Å²) >= 11 is 0. The SMILES string of the molecule is C#CC#CC#CC#CC#CC#CC#CC#CC#CC.Cc1noc(C)c1-c1cc(-c2c(C)noc2C)c2nc(NCCO)[nH]c2c1.NN=NN=[N+]([O-])OO.[HH].[HH].[HH].[HH].[HH].[HH].[HH].[HH]. The van der Waals surface area contributed by atoms with Crippen LogP contribution in [0.2, 0.25) is 0 Å². The molecule has 54 heavy (non-hydrogen) atoms. The van der Waals surface area contributed by atoms with Crippen molar-refractivity contribution in [2.24, 2.45) is 21.5 Å². The highest BCUT2D eigenvalue weighted by molar-refractivity contribution is 5.98. The zero-order valence-electron chi connectivity index (χ0n) is 29.4. The van der Waals surface area contributed by atoms with Gasteiger partial charge in [-0.1, -0.05) is 16.2 Å². The van der Waals surface area contributed by atoms with Gasteiger partial charge in [0.1, 0.15) is 11.5 Å². The Balaban J connectivity index is -0.000000155. The van der Waals surface area contributed by atoms with Crippen molar-refractivity contribution in [2.75, 3.05) is 18.5 Å². The summed E-state index contributed by atoms with van der Waals surface area (Å²) in [4.78, 5) is 10.9. The Morgan fingerprint density at radius 1 is 0.889 bits per heavy atom. The summed E-state index contributed by atoms with van der Waals surface area (Å²) in [5.74, 6) is 48.4. The van der Waals surface area contributed by atoms with Crippen molar-refractivity contribution in [3.63, 3.8) is 0 Å². The second kappa shape index (κ2) is 23.8. The molecule has 0 saturated heterocycles. The third-order valence-corrected chi connectivity index (χ3v) is 5.92. The number of hydrogen-bond acceptors (Lipinski definition) is 11. The fourth-order valence-corrected chi connectivity index (χ4v) is 4.05. The van der Waals surface area contributed by atoms with Crippen LogP contribution >= 0.6 is 0 Å². The first-order chi connectivity index (χ1) is 26.2.